The van der Waals surface area contributed by atoms with Crippen molar-refractivity contribution in [2.24, 2.45) is 0 Å². The summed E-state index contributed by atoms with van der Waals surface area (Å²) in [6, 6.07) is 14.3. The summed E-state index contributed by atoms with van der Waals surface area (Å²) in [5.41, 5.74) is 2.22. The quantitative estimate of drug-likeness (QED) is 0.699. The number of aromatic nitrogens is 2. The van der Waals surface area contributed by atoms with Crippen LogP contribution in [-0.2, 0) is 6.54 Å². The van der Waals surface area contributed by atoms with E-state index in [0.29, 0.717) is 28.0 Å². The molecule has 3 nitrogen and oxygen atoms in total. The predicted molar refractivity (Wildman–Crippen MR) is 85.6 cm³/mol. The van der Waals surface area contributed by atoms with Crippen LogP contribution < -0.4 is 0 Å². The second kappa shape index (κ2) is 6.12. The van der Waals surface area contributed by atoms with E-state index >= 15 is 0 Å². The Morgan fingerprint density at radius 1 is 1.23 bits per heavy atom. The summed E-state index contributed by atoms with van der Waals surface area (Å²) in [5.74, 6) is 0.337. The zero-order chi connectivity index (χ0) is 15.5. The first-order valence-electron chi connectivity index (χ1n) is 6.63. The molecule has 0 saturated heterocycles. The van der Waals surface area contributed by atoms with Gasteiger partial charge in [-0.2, -0.15) is 5.26 Å². The van der Waals surface area contributed by atoms with E-state index in [1.165, 1.54) is 12.1 Å². The summed E-state index contributed by atoms with van der Waals surface area (Å²) < 4.78 is 16.1. The number of hydrogen-bond acceptors (Lipinski definition) is 2. The zero-order valence-corrected chi connectivity index (χ0v) is 13.1. The van der Waals surface area contributed by atoms with Gasteiger partial charge in [-0.05, 0) is 29.8 Å². The molecule has 5 heteroatoms. The molecule has 0 aliphatic rings. The van der Waals surface area contributed by atoms with Crippen LogP contribution in [0, 0.1) is 17.1 Å². The Bertz CT molecular complexity index is 844. The Kier molecular flexibility index (Phi) is 4.03. The van der Waals surface area contributed by atoms with Gasteiger partial charge in [-0.1, -0.05) is 34.1 Å². The van der Waals surface area contributed by atoms with Gasteiger partial charge in [-0.3, -0.25) is 0 Å². The van der Waals surface area contributed by atoms with Crippen LogP contribution in [0.2, 0.25) is 0 Å². The minimum atomic E-state index is -0.323. The van der Waals surface area contributed by atoms with Crippen molar-refractivity contribution in [1.82, 2.24) is 9.55 Å². The van der Waals surface area contributed by atoms with Crippen molar-refractivity contribution in [2.75, 3.05) is 0 Å². The van der Waals surface area contributed by atoms with Crippen LogP contribution in [0.5, 0.6) is 0 Å². The molecule has 3 aromatic rings. The van der Waals surface area contributed by atoms with Crippen LogP contribution in [-0.4, -0.2) is 9.55 Å². The van der Waals surface area contributed by atoms with Crippen LogP contribution in [0.15, 0.2) is 59.3 Å². The van der Waals surface area contributed by atoms with Gasteiger partial charge in [0, 0.05) is 22.4 Å². The molecule has 108 valence electrons. The van der Waals surface area contributed by atoms with Crippen LogP contribution in [0.25, 0.3) is 11.4 Å². The Hall–Kier alpha value is -2.45. The number of rotatable bonds is 3. The van der Waals surface area contributed by atoms with Gasteiger partial charge in [0.25, 0.3) is 0 Å². The minimum absolute atomic E-state index is 0.323. The summed E-state index contributed by atoms with van der Waals surface area (Å²) in [6.07, 6.45) is 3.49. The molecule has 0 aliphatic carbocycles. The smallest absolute Gasteiger partial charge is 0.140 e. The lowest BCUT2D eigenvalue weighted by molar-refractivity contribution is 0.627. The molecule has 1 heterocycles. The van der Waals surface area contributed by atoms with E-state index in [-0.39, 0.29) is 5.82 Å². The van der Waals surface area contributed by atoms with Gasteiger partial charge in [-0.25, -0.2) is 9.37 Å². The maximum Gasteiger partial charge on any atom is 0.140 e. The molecule has 22 heavy (non-hydrogen) atoms. The third kappa shape index (κ3) is 2.92. The average molecular weight is 356 g/mol. The molecule has 0 unspecified atom stereocenters. The maximum absolute atomic E-state index is 13.6. The topological polar surface area (TPSA) is 41.6 Å². The summed E-state index contributed by atoms with van der Waals surface area (Å²) in [7, 11) is 0. The highest BCUT2D eigenvalue weighted by molar-refractivity contribution is 9.10. The van der Waals surface area contributed by atoms with Gasteiger partial charge < -0.3 is 4.57 Å². The van der Waals surface area contributed by atoms with Gasteiger partial charge >= 0.3 is 0 Å². The van der Waals surface area contributed by atoms with Gasteiger partial charge in [0.1, 0.15) is 11.6 Å². The third-order valence-corrected chi connectivity index (χ3v) is 3.77. The Labute approximate surface area is 135 Å². The van der Waals surface area contributed by atoms with Crippen molar-refractivity contribution >= 4 is 15.9 Å². The highest BCUT2D eigenvalue weighted by atomic mass is 79.9. The molecular weight excluding hydrogens is 345 g/mol. The van der Waals surface area contributed by atoms with Crippen molar-refractivity contribution in [1.29, 1.82) is 5.26 Å². The lowest BCUT2D eigenvalue weighted by Crippen LogP contribution is -2.03. The number of nitriles is 1. The second-order valence-corrected chi connectivity index (χ2v) is 5.72. The molecule has 0 amide bonds. The van der Waals surface area contributed by atoms with Gasteiger partial charge in [0.15, 0.2) is 0 Å². The molecule has 0 atom stereocenters. The Balaban J connectivity index is 2.01. The van der Waals surface area contributed by atoms with Crippen LogP contribution in [0.4, 0.5) is 4.39 Å². The van der Waals surface area contributed by atoms with E-state index in [1.54, 1.807) is 12.3 Å². The van der Waals surface area contributed by atoms with E-state index < -0.39 is 0 Å². The summed E-state index contributed by atoms with van der Waals surface area (Å²) >= 11 is 3.29. The first-order valence-corrected chi connectivity index (χ1v) is 7.42. The van der Waals surface area contributed by atoms with Crippen LogP contribution in [0.3, 0.4) is 0 Å². The molecule has 0 aliphatic heterocycles. The average Bonchev–Trinajstić information content (AvgIpc) is 2.95. The lowest BCUT2D eigenvalue weighted by atomic mass is 10.1. The number of halogens is 2. The minimum Gasteiger partial charge on any atom is -0.327 e. The standard InChI is InChI=1S/C17H11BrFN3/c18-15-7-14(8-16(19)9-15)17-21-5-6-22(17)11-13-4-2-1-3-12(13)10-20/h1-9H,11H2. The fourth-order valence-electron chi connectivity index (χ4n) is 2.33. The van der Waals surface area contributed by atoms with E-state index in [4.69, 9.17) is 0 Å². The highest BCUT2D eigenvalue weighted by Crippen LogP contribution is 2.24. The number of hydrogen-bond donors (Lipinski definition) is 0. The van der Waals surface area contributed by atoms with Crippen molar-refractivity contribution in [2.45, 2.75) is 6.54 Å². The largest absolute Gasteiger partial charge is 0.327 e. The predicted octanol–water partition coefficient (Wildman–Crippen LogP) is 4.37. The van der Waals surface area contributed by atoms with Crippen LogP contribution >= 0.6 is 15.9 Å². The molecule has 0 bridgehead atoms. The fourth-order valence-corrected chi connectivity index (χ4v) is 2.80. The summed E-state index contributed by atoms with van der Waals surface area (Å²) in [6.45, 7) is 0.507. The molecular formula is C17H11BrFN3. The maximum atomic E-state index is 13.6. The first-order chi connectivity index (χ1) is 10.7. The molecule has 0 spiro atoms. The van der Waals surface area contributed by atoms with E-state index in [0.717, 1.165) is 5.56 Å². The Morgan fingerprint density at radius 3 is 2.82 bits per heavy atom. The Morgan fingerprint density at radius 2 is 2.05 bits per heavy atom. The molecule has 2 aromatic carbocycles. The van der Waals surface area contributed by atoms with Crippen molar-refractivity contribution in [3.05, 3.63) is 76.3 Å². The molecule has 3 rings (SSSR count). The zero-order valence-electron chi connectivity index (χ0n) is 11.5. The van der Waals surface area contributed by atoms with Gasteiger partial charge in [-0.15, -0.1) is 0 Å². The molecule has 0 N–H and O–H groups in total. The SMILES string of the molecule is N#Cc1ccccc1Cn1ccnc1-c1cc(F)cc(Br)c1. The van der Waals surface area contributed by atoms with Crippen molar-refractivity contribution in [3.63, 3.8) is 0 Å². The third-order valence-electron chi connectivity index (χ3n) is 3.31. The normalized spacial score (nSPS) is 10.4. The van der Waals surface area contributed by atoms with Gasteiger partial charge in [0.05, 0.1) is 18.2 Å². The number of imidazole rings is 1. The van der Waals surface area contributed by atoms with Gasteiger partial charge in [0.2, 0.25) is 0 Å². The van der Waals surface area contributed by atoms with E-state index in [9.17, 15) is 9.65 Å². The summed E-state index contributed by atoms with van der Waals surface area (Å²) in [4.78, 5) is 4.31. The molecule has 0 radical (unpaired) electrons. The number of nitrogens with zero attached hydrogens (tertiary/aromatic N) is 3. The molecule has 1 aromatic heterocycles. The van der Waals surface area contributed by atoms with E-state index in [1.807, 2.05) is 35.0 Å². The van der Waals surface area contributed by atoms with Crippen molar-refractivity contribution < 1.29 is 4.39 Å². The van der Waals surface area contributed by atoms with E-state index in [2.05, 4.69) is 27.0 Å². The summed E-state index contributed by atoms with van der Waals surface area (Å²) in [5, 5.41) is 9.18. The monoisotopic (exact) mass is 355 g/mol. The van der Waals surface area contributed by atoms with Crippen LogP contribution in [0.1, 0.15) is 11.1 Å². The highest BCUT2D eigenvalue weighted by Gasteiger charge is 2.10. The number of benzene rings is 2. The second-order valence-electron chi connectivity index (χ2n) is 4.81. The first kappa shape index (κ1) is 14.5. The fraction of sp³-hybridized carbons (Fsp3) is 0.0588. The molecule has 0 saturated carbocycles. The molecule has 0 fully saturated rings. The lowest BCUT2D eigenvalue weighted by Gasteiger charge is -2.10. The van der Waals surface area contributed by atoms with Crippen molar-refractivity contribution in [3.8, 4) is 17.5 Å².